The standard InChI is InChI=1S/C26H34ClN3O4.CH4O3S/c1-14-11-15(2)29-25(32)20(14)13-28-24(31)19-12-21(27)23-22(16(19)3)33-26(4,34-23)17-7-9-18(10-8-17)30(5)6;1-5(2,3)4/h11-12,17-18H,7-10,13H2,1-6H3,(H,28,31)(H,29,32);1H3,(H,2,3,4)/t17-,18-,26-;/m1./s1. The van der Waals surface area contributed by atoms with Gasteiger partial charge in [-0.15, -0.1) is 0 Å². The number of rotatable bonds is 5. The molecule has 1 fully saturated rings. The topological polar surface area (TPSA) is 138 Å². The number of carbonyl (C=O) groups is 1. The summed E-state index contributed by atoms with van der Waals surface area (Å²) in [6.45, 7) is 7.62. The molecule has 39 heavy (non-hydrogen) atoms. The molecular weight excluding hydrogens is 546 g/mol. The molecule has 1 aromatic heterocycles. The van der Waals surface area contributed by atoms with Gasteiger partial charge in [0.05, 0.1) is 11.3 Å². The third-order valence-corrected chi connectivity index (χ3v) is 7.66. The van der Waals surface area contributed by atoms with Crippen molar-refractivity contribution in [3.63, 3.8) is 0 Å². The average Bonchev–Trinajstić information content (AvgIpc) is 3.19. The molecule has 0 unspecified atom stereocenters. The average molecular weight is 584 g/mol. The summed E-state index contributed by atoms with van der Waals surface area (Å²) in [4.78, 5) is 30.4. The van der Waals surface area contributed by atoms with Crippen molar-refractivity contribution in [3.8, 4) is 11.5 Å². The third kappa shape index (κ3) is 7.53. The Balaban J connectivity index is 0.000000771. The number of benzene rings is 1. The number of nitrogens with one attached hydrogen (secondary N) is 2. The van der Waals surface area contributed by atoms with Crippen molar-refractivity contribution < 1.29 is 27.2 Å². The number of pyridine rings is 1. The Morgan fingerprint density at radius 2 is 1.72 bits per heavy atom. The highest BCUT2D eigenvalue weighted by Crippen LogP contribution is 2.51. The first-order valence-corrected chi connectivity index (χ1v) is 15.0. The van der Waals surface area contributed by atoms with Crippen LogP contribution in [0.4, 0.5) is 0 Å². The van der Waals surface area contributed by atoms with Crippen molar-refractivity contribution in [1.82, 2.24) is 15.2 Å². The molecule has 1 aromatic carbocycles. The van der Waals surface area contributed by atoms with Crippen LogP contribution < -0.4 is 20.3 Å². The zero-order chi connectivity index (χ0) is 29.3. The van der Waals surface area contributed by atoms with Gasteiger partial charge in [-0.25, -0.2) is 0 Å². The van der Waals surface area contributed by atoms with Gasteiger partial charge in [0.1, 0.15) is 0 Å². The molecule has 1 saturated carbocycles. The SMILES string of the molecule is CS(=O)(=O)O.Cc1cc(C)c(CNC(=O)c2cc(Cl)c3c(c2C)O[C@@](C)([C@H]2CC[C@H](N(C)C)CC2)O3)c(=O)[nH]1. The number of aromatic nitrogens is 1. The van der Waals surface area contributed by atoms with E-state index in [2.05, 4.69) is 29.3 Å². The van der Waals surface area contributed by atoms with Crippen LogP contribution >= 0.6 is 11.6 Å². The Labute approximate surface area is 234 Å². The fourth-order valence-corrected chi connectivity index (χ4v) is 5.46. The number of hydrogen-bond donors (Lipinski definition) is 3. The maximum atomic E-state index is 13.1. The van der Waals surface area contributed by atoms with Crippen LogP contribution in [-0.4, -0.2) is 60.9 Å². The molecule has 3 N–H and O–H groups in total. The molecule has 0 bridgehead atoms. The van der Waals surface area contributed by atoms with E-state index < -0.39 is 15.9 Å². The summed E-state index contributed by atoms with van der Waals surface area (Å²) in [6.07, 6.45) is 4.90. The Kier molecular flexibility index (Phi) is 9.42. The van der Waals surface area contributed by atoms with Crippen molar-refractivity contribution >= 4 is 27.6 Å². The summed E-state index contributed by atoms with van der Waals surface area (Å²) >= 11 is 6.56. The smallest absolute Gasteiger partial charge is 0.261 e. The van der Waals surface area contributed by atoms with Gasteiger partial charge < -0.3 is 24.7 Å². The molecular formula is C27H38ClN3O7S. The first kappa shape index (κ1) is 30.9. The molecule has 2 heterocycles. The normalized spacial score (nSPS) is 22.3. The van der Waals surface area contributed by atoms with Crippen LogP contribution in [0.15, 0.2) is 16.9 Å². The quantitative estimate of drug-likeness (QED) is 0.449. The predicted octanol–water partition coefficient (Wildman–Crippen LogP) is 4.00. The largest absolute Gasteiger partial charge is 0.448 e. The Hall–Kier alpha value is -2.60. The number of hydrogen-bond acceptors (Lipinski definition) is 7. The highest BCUT2D eigenvalue weighted by molar-refractivity contribution is 7.85. The Morgan fingerprint density at radius 1 is 1.15 bits per heavy atom. The second kappa shape index (κ2) is 11.9. The van der Waals surface area contributed by atoms with E-state index in [9.17, 15) is 18.0 Å². The monoisotopic (exact) mass is 583 g/mol. The minimum Gasteiger partial charge on any atom is -0.448 e. The van der Waals surface area contributed by atoms with E-state index >= 15 is 0 Å². The second-order valence-electron chi connectivity index (χ2n) is 10.7. The number of carbonyl (C=O) groups excluding carboxylic acids is 1. The predicted molar refractivity (Wildman–Crippen MR) is 150 cm³/mol. The first-order chi connectivity index (χ1) is 18.0. The molecule has 1 aliphatic carbocycles. The van der Waals surface area contributed by atoms with Gasteiger partial charge in [0.15, 0.2) is 11.5 Å². The number of aryl methyl sites for hydroxylation is 2. The number of H-pyrrole nitrogens is 1. The van der Waals surface area contributed by atoms with Gasteiger partial charge in [0.25, 0.3) is 27.4 Å². The van der Waals surface area contributed by atoms with E-state index in [1.165, 1.54) is 0 Å². The lowest BCUT2D eigenvalue weighted by Crippen LogP contribution is -2.46. The van der Waals surface area contributed by atoms with Gasteiger partial charge in [-0.3, -0.25) is 14.1 Å². The van der Waals surface area contributed by atoms with Crippen molar-refractivity contribution in [1.29, 1.82) is 0 Å². The zero-order valence-corrected chi connectivity index (χ0v) is 25.0. The molecule has 1 atom stereocenters. The second-order valence-corrected chi connectivity index (χ2v) is 12.6. The number of nitrogens with zero attached hydrogens (tertiary/aromatic N) is 1. The number of ether oxygens (including phenoxy) is 2. The molecule has 1 aliphatic heterocycles. The summed E-state index contributed by atoms with van der Waals surface area (Å²) in [5.41, 5.74) is 3.05. The van der Waals surface area contributed by atoms with Gasteiger partial charge in [-0.05, 0) is 78.2 Å². The van der Waals surface area contributed by atoms with Crippen molar-refractivity contribution in [2.75, 3.05) is 20.4 Å². The van der Waals surface area contributed by atoms with Crippen LogP contribution in [0.1, 0.15) is 65.3 Å². The lowest BCUT2D eigenvalue weighted by Gasteiger charge is -2.39. The summed E-state index contributed by atoms with van der Waals surface area (Å²) in [6, 6.07) is 4.09. The van der Waals surface area contributed by atoms with Gasteiger partial charge in [-0.2, -0.15) is 8.42 Å². The maximum Gasteiger partial charge on any atom is 0.261 e. The van der Waals surface area contributed by atoms with Crippen LogP contribution in [0.2, 0.25) is 5.02 Å². The molecule has 216 valence electrons. The van der Waals surface area contributed by atoms with E-state index in [-0.39, 0.29) is 23.9 Å². The Bertz CT molecular complexity index is 1390. The molecule has 4 rings (SSSR count). The fourth-order valence-electron chi connectivity index (χ4n) is 5.23. The highest BCUT2D eigenvalue weighted by Gasteiger charge is 2.47. The van der Waals surface area contributed by atoms with Crippen LogP contribution in [0.5, 0.6) is 11.5 Å². The van der Waals surface area contributed by atoms with Crippen LogP contribution in [0, 0.1) is 26.7 Å². The van der Waals surface area contributed by atoms with Crippen molar-refractivity contribution in [3.05, 3.63) is 55.5 Å². The van der Waals surface area contributed by atoms with Gasteiger partial charge in [0, 0.05) is 47.8 Å². The van der Waals surface area contributed by atoms with Crippen molar-refractivity contribution in [2.24, 2.45) is 5.92 Å². The minimum absolute atomic E-state index is 0.124. The zero-order valence-electron chi connectivity index (χ0n) is 23.5. The molecule has 0 radical (unpaired) electrons. The van der Waals surface area contributed by atoms with Crippen LogP contribution in [-0.2, 0) is 16.7 Å². The van der Waals surface area contributed by atoms with Crippen LogP contribution in [0.25, 0.3) is 0 Å². The fraction of sp³-hybridized carbons (Fsp3) is 0.556. The summed E-state index contributed by atoms with van der Waals surface area (Å²) in [5.74, 6) is 0.137. The van der Waals surface area contributed by atoms with E-state index in [4.69, 9.17) is 25.6 Å². The van der Waals surface area contributed by atoms with Crippen LogP contribution in [0.3, 0.4) is 0 Å². The van der Waals surface area contributed by atoms with Gasteiger partial charge in [0.2, 0.25) is 0 Å². The lowest BCUT2D eigenvalue weighted by molar-refractivity contribution is -0.123. The van der Waals surface area contributed by atoms with Gasteiger partial charge >= 0.3 is 0 Å². The van der Waals surface area contributed by atoms with Gasteiger partial charge in [-0.1, -0.05) is 11.6 Å². The summed E-state index contributed by atoms with van der Waals surface area (Å²) < 4.78 is 38.6. The highest BCUT2D eigenvalue weighted by atomic mass is 35.5. The van der Waals surface area contributed by atoms with E-state index in [1.54, 1.807) is 6.07 Å². The number of halogens is 1. The maximum absolute atomic E-state index is 13.1. The third-order valence-electron chi connectivity index (χ3n) is 7.38. The summed E-state index contributed by atoms with van der Waals surface area (Å²) in [5, 5.41) is 3.20. The number of aromatic amines is 1. The minimum atomic E-state index is -3.67. The molecule has 2 aliphatic rings. The van der Waals surface area contributed by atoms with E-state index in [0.717, 1.165) is 36.9 Å². The van der Waals surface area contributed by atoms with E-state index in [0.29, 0.717) is 45.5 Å². The molecule has 2 aromatic rings. The molecule has 0 saturated heterocycles. The molecule has 0 spiro atoms. The molecule has 10 nitrogen and oxygen atoms in total. The molecule has 1 amide bonds. The lowest BCUT2D eigenvalue weighted by atomic mass is 9.81. The van der Waals surface area contributed by atoms with Crippen molar-refractivity contribution in [2.45, 2.75) is 71.8 Å². The Morgan fingerprint density at radius 3 is 2.26 bits per heavy atom. The number of amides is 1. The summed E-state index contributed by atoms with van der Waals surface area (Å²) in [7, 11) is 0.578. The molecule has 12 heteroatoms. The first-order valence-electron chi connectivity index (χ1n) is 12.8. The number of fused-ring (bicyclic) bond motifs is 1. The van der Waals surface area contributed by atoms with E-state index in [1.807, 2.05) is 33.8 Å².